The maximum atomic E-state index is 12.7. The number of benzene rings is 1. The molecule has 0 saturated carbocycles. The Bertz CT molecular complexity index is 581. The van der Waals surface area contributed by atoms with E-state index in [4.69, 9.17) is 0 Å². The van der Waals surface area contributed by atoms with E-state index in [1.165, 1.54) is 5.56 Å². The molecule has 0 bridgehead atoms. The van der Waals surface area contributed by atoms with E-state index in [0.29, 0.717) is 5.91 Å². The van der Waals surface area contributed by atoms with Gasteiger partial charge in [0.15, 0.2) is 8.24 Å². The van der Waals surface area contributed by atoms with Crippen LogP contribution < -0.4 is 0 Å². The first kappa shape index (κ1) is 17.0. The van der Waals surface area contributed by atoms with Crippen LogP contribution in [0.2, 0.25) is 18.1 Å². The van der Waals surface area contributed by atoms with Crippen LogP contribution in [0.3, 0.4) is 0 Å². The lowest BCUT2D eigenvalue weighted by atomic mass is 9.76. The van der Waals surface area contributed by atoms with Gasteiger partial charge in [0.25, 0.3) is 0 Å². The van der Waals surface area contributed by atoms with Crippen molar-refractivity contribution in [3.05, 3.63) is 42.0 Å². The van der Waals surface area contributed by atoms with Crippen molar-refractivity contribution >= 4 is 20.2 Å². The Balaban J connectivity index is 2.31. The molecule has 3 heteroatoms. The molecule has 1 unspecified atom stereocenters. The second-order valence-electron chi connectivity index (χ2n) is 8.42. The van der Waals surface area contributed by atoms with Gasteiger partial charge in [0.2, 0.25) is 5.91 Å². The summed E-state index contributed by atoms with van der Waals surface area (Å²) in [6.07, 6.45) is 4.37. The van der Waals surface area contributed by atoms with E-state index >= 15 is 0 Å². The fourth-order valence-corrected chi connectivity index (χ4v) is 5.50. The van der Waals surface area contributed by atoms with Crippen LogP contribution in [-0.4, -0.2) is 24.7 Å². The number of hydrogen-bond donors (Lipinski definition) is 0. The lowest BCUT2D eigenvalue weighted by Gasteiger charge is -2.61. The molecule has 1 heterocycles. The van der Waals surface area contributed by atoms with Crippen molar-refractivity contribution in [1.29, 1.82) is 0 Å². The monoisotopic (exact) mass is 315 g/mol. The molecule has 0 spiro atoms. The zero-order chi connectivity index (χ0) is 16.8. The van der Waals surface area contributed by atoms with Crippen LogP contribution in [0.25, 0.3) is 6.08 Å². The highest BCUT2D eigenvalue weighted by Gasteiger charge is 2.60. The Morgan fingerprint density at radius 2 is 1.68 bits per heavy atom. The maximum Gasteiger partial charge on any atom is 0.223 e. The maximum absolute atomic E-state index is 12.7. The second kappa shape index (κ2) is 5.38. The van der Waals surface area contributed by atoms with Crippen LogP contribution in [0.5, 0.6) is 0 Å². The number of carbonyl (C=O) groups excluding carboxylic acids is 1. The quantitative estimate of drug-likeness (QED) is 0.571. The summed E-state index contributed by atoms with van der Waals surface area (Å²) in [5.74, 6) is 0.307. The van der Waals surface area contributed by atoms with Crippen LogP contribution in [-0.2, 0) is 4.79 Å². The summed E-state index contributed by atoms with van der Waals surface area (Å²) in [5, 5.41) is 0.165. The van der Waals surface area contributed by atoms with Gasteiger partial charge in [-0.25, -0.2) is 0 Å². The first-order chi connectivity index (χ1) is 9.99. The number of amides is 1. The van der Waals surface area contributed by atoms with Crippen LogP contribution in [0, 0.1) is 5.41 Å². The summed E-state index contributed by atoms with van der Waals surface area (Å²) < 4.78 is 2.20. The number of hydrogen-bond acceptors (Lipinski definition) is 1. The minimum Gasteiger partial charge on any atom is -0.362 e. The molecule has 0 N–H and O–H groups in total. The largest absolute Gasteiger partial charge is 0.362 e. The van der Waals surface area contributed by atoms with E-state index in [9.17, 15) is 4.79 Å². The molecule has 2 rings (SSSR count). The average Bonchev–Trinajstić information content (AvgIpc) is 2.42. The standard InChI is InChI=1S/C19H29NOSi/c1-18(2,3)22(6,7)20-16(19(4,5)17(20)21)14-13-15-11-9-8-10-12-15/h8-14,16H,1-7H3/b14-13+. The van der Waals surface area contributed by atoms with Crippen LogP contribution in [0.15, 0.2) is 36.4 Å². The number of nitrogens with zero attached hydrogens (tertiary/aromatic N) is 1. The molecule has 1 fully saturated rings. The topological polar surface area (TPSA) is 20.3 Å². The van der Waals surface area contributed by atoms with E-state index < -0.39 is 8.24 Å². The zero-order valence-electron chi connectivity index (χ0n) is 15.0. The van der Waals surface area contributed by atoms with Gasteiger partial charge in [-0.1, -0.05) is 76.3 Å². The van der Waals surface area contributed by atoms with Crippen molar-refractivity contribution in [2.75, 3.05) is 0 Å². The Hall–Kier alpha value is -1.35. The summed E-state index contributed by atoms with van der Waals surface area (Å²) >= 11 is 0. The molecule has 0 aliphatic carbocycles. The molecule has 22 heavy (non-hydrogen) atoms. The van der Waals surface area contributed by atoms with Crippen molar-refractivity contribution in [3.8, 4) is 0 Å². The Labute approximate surface area is 136 Å². The number of rotatable bonds is 3. The van der Waals surface area contributed by atoms with E-state index in [1.54, 1.807) is 0 Å². The third-order valence-electron chi connectivity index (χ3n) is 5.50. The van der Waals surface area contributed by atoms with Gasteiger partial charge in [0.1, 0.15) is 0 Å². The molecule has 1 aliphatic rings. The average molecular weight is 316 g/mol. The van der Waals surface area contributed by atoms with Gasteiger partial charge >= 0.3 is 0 Å². The molecule has 1 amide bonds. The minimum absolute atomic E-state index is 0.165. The summed E-state index contributed by atoms with van der Waals surface area (Å²) in [4.78, 5) is 12.7. The van der Waals surface area contributed by atoms with E-state index in [1.807, 2.05) is 18.2 Å². The first-order valence-corrected chi connectivity index (χ1v) is 11.0. The highest BCUT2D eigenvalue weighted by atomic mass is 28.3. The fourth-order valence-electron chi connectivity index (χ4n) is 2.88. The zero-order valence-corrected chi connectivity index (χ0v) is 16.0. The van der Waals surface area contributed by atoms with Gasteiger partial charge in [-0.15, -0.1) is 0 Å². The molecular formula is C19H29NOSi. The summed E-state index contributed by atoms with van der Waals surface area (Å²) in [5.41, 5.74) is 0.897. The van der Waals surface area contributed by atoms with Gasteiger partial charge < -0.3 is 4.57 Å². The Morgan fingerprint density at radius 3 is 2.18 bits per heavy atom. The molecule has 120 valence electrons. The molecule has 2 nitrogen and oxygen atoms in total. The molecule has 1 atom stereocenters. The van der Waals surface area contributed by atoms with Crippen molar-refractivity contribution in [2.45, 2.75) is 58.8 Å². The predicted octanol–water partition coefficient (Wildman–Crippen LogP) is 4.94. The van der Waals surface area contributed by atoms with E-state index in [0.717, 1.165) is 0 Å². The molecule has 0 radical (unpaired) electrons. The molecule has 1 aromatic rings. The van der Waals surface area contributed by atoms with Crippen molar-refractivity contribution in [1.82, 2.24) is 4.57 Å². The molecule has 1 aliphatic heterocycles. The minimum atomic E-state index is -1.84. The Morgan fingerprint density at radius 1 is 1.14 bits per heavy atom. The number of carbonyl (C=O) groups is 1. The third kappa shape index (κ3) is 2.67. The van der Waals surface area contributed by atoms with Gasteiger partial charge in [-0.2, -0.15) is 0 Å². The van der Waals surface area contributed by atoms with Gasteiger partial charge in [0, 0.05) is 0 Å². The fraction of sp³-hybridized carbons (Fsp3) is 0.526. The summed E-state index contributed by atoms with van der Waals surface area (Å²) in [7, 11) is -1.84. The molecule has 1 aromatic carbocycles. The Kier molecular flexibility index (Phi) is 4.16. The van der Waals surface area contributed by atoms with Gasteiger partial charge in [-0.05, 0) is 24.4 Å². The van der Waals surface area contributed by atoms with Crippen LogP contribution >= 0.6 is 0 Å². The van der Waals surface area contributed by atoms with Crippen molar-refractivity contribution < 1.29 is 4.79 Å². The van der Waals surface area contributed by atoms with E-state index in [2.05, 4.69) is 76.6 Å². The first-order valence-electron chi connectivity index (χ1n) is 8.06. The molecule has 1 saturated heterocycles. The lowest BCUT2D eigenvalue weighted by molar-refractivity contribution is -0.154. The van der Waals surface area contributed by atoms with Gasteiger partial charge in [0.05, 0.1) is 11.5 Å². The normalized spacial score (nSPS) is 22.0. The predicted molar refractivity (Wildman–Crippen MR) is 97.1 cm³/mol. The summed E-state index contributed by atoms with van der Waals surface area (Å²) in [6, 6.07) is 10.5. The van der Waals surface area contributed by atoms with Crippen LogP contribution in [0.4, 0.5) is 0 Å². The SMILES string of the molecule is CC1(C)C(=O)N([Si](C)(C)C(C)(C)C)C1/C=C/c1ccccc1. The van der Waals surface area contributed by atoms with Gasteiger partial charge in [-0.3, -0.25) is 4.79 Å². The highest BCUT2D eigenvalue weighted by molar-refractivity contribution is 6.80. The summed E-state index contributed by atoms with van der Waals surface area (Å²) in [6.45, 7) is 15.5. The van der Waals surface area contributed by atoms with Crippen LogP contribution in [0.1, 0.15) is 40.2 Å². The van der Waals surface area contributed by atoms with E-state index in [-0.39, 0.29) is 16.5 Å². The lowest BCUT2D eigenvalue weighted by Crippen LogP contribution is -2.75. The molecule has 0 aromatic heterocycles. The smallest absolute Gasteiger partial charge is 0.223 e. The number of β-lactam (4-membered cyclic amide) rings is 1. The second-order valence-corrected chi connectivity index (χ2v) is 13.5. The third-order valence-corrected chi connectivity index (χ3v) is 10.9. The highest BCUT2D eigenvalue weighted by Crippen LogP contribution is 2.49. The van der Waals surface area contributed by atoms with Crippen molar-refractivity contribution in [2.24, 2.45) is 5.41 Å². The van der Waals surface area contributed by atoms with Crippen molar-refractivity contribution in [3.63, 3.8) is 0 Å². The molecular weight excluding hydrogens is 286 g/mol.